The number of ether oxygens (including phenoxy) is 1. The molecule has 2 aliphatic heterocycles. The van der Waals surface area contributed by atoms with Gasteiger partial charge in [0.25, 0.3) is 5.78 Å². The average molecular weight is 521 g/mol. The molecule has 0 radical (unpaired) electrons. The Labute approximate surface area is 214 Å². The van der Waals surface area contributed by atoms with Crippen molar-refractivity contribution < 1.29 is 23.8 Å². The van der Waals surface area contributed by atoms with Crippen LogP contribution in [0.15, 0.2) is 66.2 Å². The van der Waals surface area contributed by atoms with E-state index >= 15 is 0 Å². The van der Waals surface area contributed by atoms with Gasteiger partial charge in [-0.25, -0.2) is 9.37 Å². The minimum atomic E-state index is -0.995. The maximum Gasteiger partial charge on any atom is 0.301 e. The van der Waals surface area contributed by atoms with Gasteiger partial charge in [0.15, 0.2) is 5.13 Å². The van der Waals surface area contributed by atoms with Crippen LogP contribution in [0.1, 0.15) is 29.7 Å². The number of benzene rings is 3. The van der Waals surface area contributed by atoms with Crippen LogP contribution in [0, 0.1) is 5.82 Å². The molecule has 1 amide bonds. The molecule has 2 atom stereocenters. The van der Waals surface area contributed by atoms with Gasteiger partial charge < -0.3 is 9.84 Å². The Morgan fingerprint density at radius 1 is 1.14 bits per heavy atom. The fourth-order valence-corrected chi connectivity index (χ4v) is 5.97. The van der Waals surface area contributed by atoms with Gasteiger partial charge in [0.2, 0.25) is 0 Å². The highest BCUT2D eigenvalue weighted by molar-refractivity contribution is 7.22. The smallest absolute Gasteiger partial charge is 0.301 e. The van der Waals surface area contributed by atoms with E-state index in [9.17, 15) is 19.1 Å². The predicted molar refractivity (Wildman–Crippen MR) is 136 cm³/mol. The maximum atomic E-state index is 13.8. The standard InChI is InChI=1S/C27H18ClFN2O4S/c1-13-10-16-11-15(4-9-20(16)35-13)24(32)22-23(14-2-6-18(29)7-3-14)31(26(34)25(22)33)27-30-19-8-5-17(28)12-21(19)36-27/h2-9,11-13,23,32H,10H2,1H3/b24-22+. The minimum absolute atomic E-state index is 0.00901. The second-order valence-electron chi connectivity index (χ2n) is 8.78. The zero-order valence-electron chi connectivity index (χ0n) is 18.9. The topological polar surface area (TPSA) is 79.7 Å². The largest absolute Gasteiger partial charge is 0.507 e. The van der Waals surface area contributed by atoms with Crippen molar-refractivity contribution in [2.45, 2.75) is 25.5 Å². The van der Waals surface area contributed by atoms with Gasteiger partial charge in [-0.2, -0.15) is 0 Å². The van der Waals surface area contributed by atoms with E-state index in [2.05, 4.69) is 4.98 Å². The first-order chi connectivity index (χ1) is 17.3. The number of hydrogen-bond donors (Lipinski definition) is 1. The first kappa shape index (κ1) is 22.7. The van der Waals surface area contributed by atoms with Gasteiger partial charge in [-0.15, -0.1) is 0 Å². The highest BCUT2D eigenvalue weighted by Crippen LogP contribution is 2.45. The van der Waals surface area contributed by atoms with E-state index < -0.39 is 23.5 Å². The van der Waals surface area contributed by atoms with Gasteiger partial charge in [0.1, 0.15) is 23.4 Å². The number of thiazole rings is 1. The van der Waals surface area contributed by atoms with Crippen LogP contribution in [0.4, 0.5) is 9.52 Å². The molecule has 180 valence electrons. The number of aromatic nitrogens is 1. The number of carbonyl (C=O) groups excluding carboxylic acids is 2. The lowest BCUT2D eigenvalue weighted by Crippen LogP contribution is -2.29. The molecule has 1 N–H and O–H groups in total. The van der Waals surface area contributed by atoms with Crippen LogP contribution < -0.4 is 9.64 Å². The van der Waals surface area contributed by atoms with Crippen LogP contribution in [-0.2, 0) is 16.0 Å². The van der Waals surface area contributed by atoms with Crippen molar-refractivity contribution in [2.24, 2.45) is 0 Å². The molecule has 1 aromatic heterocycles. The van der Waals surface area contributed by atoms with Gasteiger partial charge in [0.05, 0.1) is 21.8 Å². The summed E-state index contributed by atoms with van der Waals surface area (Å²) in [5, 5.41) is 12.2. The monoisotopic (exact) mass is 520 g/mol. The summed E-state index contributed by atoms with van der Waals surface area (Å²) in [7, 11) is 0. The molecule has 0 bridgehead atoms. The third-order valence-corrected chi connectivity index (χ3v) is 7.60. The van der Waals surface area contributed by atoms with Crippen molar-refractivity contribution in [3.63, 3.8) is 0 Å². The van der Waals surface area contributed by atoms with Crippen LogP contribution in [-0.4, -0.2) is 27.9 Å². The Balaban J connectivity index is 1.53. The number of rotatable bonds is 3. The lowest BCUT2D eigenvalue weighted by Gasteiger charge is -2.23. The number of fused-ring (bicyclic) bond motifs is 2. The van der Waals surface area contributed by atoms with Crippen molar-refractivity contribution in [3.8, 4) is 5.75 Å². The van der Waals surface area contributed by atoms with Crippen molar-refractivity contribution in [3.05, 3.63) is 93.8 Å². The van der Waals surface area contributed by atoms with Gasteiger partial charge in [0, 0.05) is 17.0 Å². The average Bonchev–Trinajstić information content (AvgIpc) is 3.51. The molecular formula is C27H18ClFN2O4S. The zero-order chi connectivity index (χ0) is 25.1. The number of Topliss-reactive ketones (excluding diaryl/α,β-unsaturated/α-hetero) is 1. The van der Waals surface area contributed by atoms with E-state index in [-0.39, 0.29) is 22.6 Å². The number of carbonyl (C=O) groups is 2. The summed E-state index contributed by atoms with van der Waals surface area (Å²) in [6.45, 7) is 1.95. The number of aliphatic hydroxyl groups excluding tert-OH is 1. The van der Waals surface area contributed by atoms with Gasteiger partial charge in [-0.05, 0) is 66.6 Å². The van der Waals surface area contributed by atoms with Crippen LogP contribution in [0.5, 0.6) is 5.75 Å². The van der Waals surface area contributed by atoms with E-state index in [0.717, 1.165) is 16.0 Å². The van der Waals surface area contributed by atoms with Crippen molar-refractivity contribution in [2.75, 3.05) is 4.90 Å². The minimum Gasteiger partial charge on any atom is -0.507 e. The molecule has 3 aromatic carbocycles. The fraction of sp³-hybridized carbons (Fsp3) is 0.148. The summed E-state index contributed by atoms with van der Waals surface area (Å²) in [5.74, 6) is -1.71. The second kappa shape index (κ2) is 8.43. The molecule has 36 heavy (non-hydrogen) atoms. The SMILES string of the molecule is CC1Cc2cc(/C(O)=C3\C(=O)C(=O)N(c4nc5ccc(Cl)cc5s4)C3c3ccc(F)cc3)ccc2O1. The van der Waals surface area contributed by atoms with Crippen LogP contribution in [0.2, 0.25) is 5.02 Å². The maximum absolute atomic E-state index is 13.8. The van der Waals surface area contributed by atoms with Crippen molar-refractivity contribution in [1.29, 1.82) is 0 Å². The van der Waals surface area contributed by atoms with Crippen LogP contribution in [0.25, 0.3) is 16.0 Å². The molecule has 9 heteroatoms. The van der Waals surface area contributed by atoms with Crippen molar-refractivity contribution in [1.82, 2.24) is 4.98 Å². The van der Waals surface area contributed by atoms with Gasteiger partial charge in [-0.1, -0.05) is 35.1 Å². The van der Waals surface area contributed by atoms with Gasteiger partial charge >= 0.3 is 5.91 Å². The Morgan fingerprint density at radius 3 is 2.69 bits per heavy atom. The summed E-state index contributed by atoms with van der Waals surface area (Å²) in [6.07, 6.45) is 0.676. The summed E-state index contributed by atoms with van der Waals surface area (Å²) >= 11 is 7.32. The number of aliphatic hydroxyl groups is 1. The number of ketones is 1. The van der Waals surface area contributed by atoms with E-state index in [4.69, 9.17) is 16.3 Å². The number of hydrogen-bond acceptors (Lipinski definition) is 6. The fourth-order valence-electron chi connectivity index (χ4n) is 4.70. The molecule has 2 unspecified atom stereocenters. The zero-order valence-corrected chi connectivity index (χ0v) is 20.4. The number of anilines is 1. The lowest BCUT2D eigenvalue weighted by molar-refractivity contribution is -0.132. The first-order valence-electron chi connectivity index (χ1n) is 11.2. The number of halogens is 2. The van der Waals surface area contributed by atoms with E-state index in [1.165, 1.54) is 40.5 Å². The molecule has 1 fully saturated rings. The van der Waals surface area contributed by atoms with Crippen LogP contribution in [0.3, 0.4) is 0 Å². The molecule has 4 aromatic rings. The first-order valence-corrected chi connectivity index (χ1v) is 12.4. The van der Waals surface area contributed by atoms with E-state index in [1.54, 1.807) is 36.4 Å². The molecule has 0 aliphatic carbocycles. The summed E-state index contributed by atoms with van der Waals surface area (Å²) in [4.78, 5) is 32.5. The third-order valence-electron chi connectivity index (χ3n) is 6.34. The molecule has 6 rings (SSSR count). The van der Waals surface area contributed by atoms with E-state index in [0.29, 0.717) is 28.1 Å². The molecule has 0 saturated carbocycles. The highest BCUT2D eigenvalue weighted by atomic mass is 35.5. The van der Waals surface area contributed by atoms with Crippen LogP contribution >= 0.6 is 22.9 Å². The Bertz CT molecular complexity index is 1600. The normalized spacial score (nSPS) is 20.7. The predicted octanol–water partition coefficient (Wildman–Crippen LogP) is 6.04. The summed E-state index contributed by atoms with van der Waals surface area (Å²) in [5.41, 5.74) is 2.30. The molecule has 2 aliphatic rings. The van der Waals surface area contributed by atoms with Gasteiger partial charge in [-0.3, -0.25) is 14.5 Å². The summed E-state index contributed by atoms with van der Waals surface area (Å²) in [6, 6.07) is 14.8. The Morgan fingerprint density at radius 2 is 1.92 bits per heavy atom. The molecule has 6 nitrogen and oxygen atoms in total. The number of amides is 1. The van der Waals surface area contributed by atoms with Crippen molar-refractivity contribution >= 4 is 55.7 Å². The van der Waals surface area contributed by atoms with E-state index in [1.807, 2.05) is 6.92 Å². The Kier molecular flexibility index (Phi) is 5.31. The molecular weight excluding hydrogens is 503 g/mol. The third kappa shape index (κ3) is 3.65. The summed E-state index contributed by atoms with van der Waals surface area (Å²) < 4.78 is 20.2. The Hall–Kier alpha value is -3.75. The molecule has 1 saturated heterocycles. The quantitative estimate of drug-likeness (QED) is 0.202. The second-order valence-corrected chi connectivity index (χ2v) is 10.2. The molecule has 3 heterocycles. The number of nitrogens with zero attached hydrogens (tertiary/aromatic N) is 2. The lowest BCUT2D eigenvalue weighted by atomic mass is 9.94. The highest BCUT2D eigenvalue weighted by Gasteiger charge is 2.48. The molecule has 0 spiro atoms.